The minimum atomic E-state index is -0.425. The molecule has 0 aromatic heterocycles. The molecule has 0 saturated heterocycles. The first-order chi connectivity index (χ1) is 12.4. The number of hydrogen-bond donors (Lipinski definition) is 2. The Kier molecular flexibility index (Phi) is 20.4. The number of ether oxygens (including phenoxy) is 2. The number of esters is 2. The Morgan fingerprint density at radius 2 is 1.21 bits per heavy atom. The third-order valence-corrected chi connectivity index (χ3v) is 5.34. The van der Waals surface area contributed by atoms with Gasteiger partial charge in [-0.1, -0.05) is 40.9 Å². The molecule has 2 atom stereocenters. The number of nitrogens with two attached hydrogens (primary N) is 2. The van der Waals surface area contributed by atoms with Crippen LogP contribution in [0.2, 0.25) is 0 Å². The number of rotatable bonds is 10. The molecular weight excluding hydrogens is 415 g/mol. The van der Waals surface area contributed by atoms with Crippen LogP contribution in [0.25, 0.3) is 0 Å². The van der Waals surface area contributed by atoms with E-state index in [-0.39, 0.29) is 43.0 Å². The zero-order valence-electron chi connectivity index (χ0n) is 19.1. The van der Waals surface area contributed by atoms with Crippen molar-refractivity contribution in [1.29, 1.82) is 0 Å². The van der Waals surface area contributed by atoms with Crippen LogP contribution in [-0.2, 0) is 19.1 Å². The van der Waals surface area contributed by atoms with Gasteiger partial charge in [-0.15, -0.1) is 24.8 Å². The summed E-state index contributed by atoms with van der Waals surface area (Å²) in [6.07, 6.45) is 3.75. The van der Waals surface area contributed by atoms with Gasteiger partial charge in [0.15, 0.2) is 0 Å². The predicted molar refractivity (Wildman–Crippen MR) is 126 cm³/mol. The highest BCUT2D eigenvalue weighted by molar-refractivity contribution is 5.87. The van der Waals surface area contributed by atoms with Crippen molar-refractivity contribution in [2.75, 3.05) is 0 Å². The van der Waals surface area contributed by atoms with Gasteiger partial charge in [-0.3, -0.25) is 0 Å². The Bertz CT molecular complexity index is 505. The summed E-state index contributed by atoms with van der Waals surface area (Å²) in [6, 6.07) is 0. The first-order valence-electron chi connectivity index (χ1n) is 9.64. The highest BCUT2D eigenvalue weighted by Gasteiger charge is 2.31. The summed E-state index contributed by atoms with van der Waals surface area (Å²) in [6.45, 7) is 20.1. The van der Waals surface area contributed by atoms with Crippen LogP contribution in [0, 0.1) is 0 Å². The summed E-state index contributed by atoms with van der Waals surface area (Å²) in [7, 11) is 0. The average Bonchev–Trinajstić information content (AvgIpc) is 2.66. The standard InChI is InChI=1S/C11H21NO2.C10H19NO2.2ClH/c1-6-11(12,7-2)9(5)14-10(13)8(3)4;1-5-9(12)13-8(4)10(11,6-2)7-3;;/h9H,3,6-7,12H2,1-2,4-5H3;5,8H,1,6-7,11H2,2-4H3;2*1H. The van der Waals surface area contributed by atoms with E-state index >= 15 is 0 Å². The molecule has 0 rings (SSSR count). The Balaban J connectivity index is -0.000000202. The molecule has 8 heteroatoms. The summed E-state index contributed by atoms with van der Waals surface area (Å²) < 4.78 is 10.3. The Morgan fingerprint density at radius 1 is 0.897 bits per heavy atom. The van der Waals surface area contributed by atoms with E-state index in [2.05, 4.69) is 13.2 Å². The third-order valence-electron chi connectivity index (χ3n) is 5.34. The van der Waals surface area contributed by atoms with E-state index in [1.807, 2.05) is 41.5 Å². The molecule has 0 aromatic rings. The fraction of sp³-hybridized carbons (Fsp3) is 0.714. The SMILES string of the molecule is C=C(C)C(=O)OC(C)C(N)(CC)CC.C=CC(=O)OC(C)C(N)(CC)CC.Cl.Cl. The third kappa shape index (κ3) is 12.3. The smallest absolute Gasteiger partial charge is 0.333 e. The molecular formula is C21H42Cl2N2O4. The monoisotopic (exact) mass is 456 g/mol. The number of carbonyl (C=O) groups excluding carboxylic acids is 2. The molecule has 6 nitrogen and oxygen atoms in total. The highest BCUT2D eigenvalue weighted by Crippen LogP contribution is 2.20. The molecule has 0 spiro atoms. The van der Waals surface area contributed by atoms with Gasteiger partial charge in [0.25, 0.3) is 0 Å². The minimum absolute atomic E-state index is 0. The van der Waals surface area contributed by atoms with E-state index < -0.39 is 17.0 Å². The minimum Gasteiger partial charge on any atom is -0.458 e. The maximum atomic E-state index is 11.3. The molecule has 0 heterocycles. The van der Waals surface area contributed by atoms with Crippen molar-refractivity contribution in [1.82, 2.24) is 0 Å². The van der Waals surface area contributed by atoms with Gasteiger partial charge in [-0.05, 0) is 46.5 Å². The lowest BCUT2D eigenvalue weighted by atomic mass is 9.88. The number of halogens is 2. The van der Waals surface area contributed by atoms with Crippen LogP contribution in [-0.4, -0.2) is 35.2 Å². The maximum Gasteiger partial charge on any atom is 0.333 e. The summed E-state index contributed by atoms with van der Waals surface area (Å²) in [4.78, 5) is 22.2. The topological polar surface area (TPSA) is 105 Å². The lowest BCUT2D eigenvalue weighted by Crippen LogP contribution is -2.50. The van der Waals surface area contributed by atoms with Gasteiger partial charge in [0, 0.05) is 11.6 Å². The van der Waals surface area contributed by atoms with Crippen LogP contribution in [0.3, 0.4) is 0 Å². The largest absolute Gasteiger partial charge is 0.458 e. The van der Waals surface area contributed by atoms with E-state index in [1.165, 1.54) is 0 Å². The van der Waals surface area contributed by atoms with Crippen LogP contribution in [0.4, 0.5) is 0 Å². The van der Waals surface area contributed by atoms with Gasteiger partial charge in [-0.25, -0.2) is 9.59 Å². The van der Waals surface area contributed by atoms with Crippen LogP contribution in [0.1, 0.15) is 74.1 Å². The first-order valence-corrected chi connectivity index (χ1v) is 9.64. The van der Waals surface area contributed by atoms with E-state index in [4.69, 9.17) is 20.9 Å². The molecule has 0 amide bonds. The summed E-state index contributed by atoms with van der Waals surface area (Å²) in [5.41, 5.74) is 11.7. The summed E-state index contributed by atoms with van der Waals surface area (Å²) in [5.74, 6) is -0.779. The lowest BCUT2D eigenvalue weighted by molar-refractivity contribution is -0.147. The molecule has 0 aromatic carbocycles. The van der Waals surface area contributed by atoms with Crippen molar-refractivity contribution in [3.8, 4) is 0 Å². The Morgan fingerprint density at radius 3 is 1.45 bits per heavy atom. The van der Waals surface area contributed by atoms with Crippen molar-refractivity contribution in [2.45, 2.75) is 97.4 Å². The van der Waals surface area contributed by atoms with E-state index in [9.17, 15) is 9.59 Å². The Labute approximate surface area is 189 Å². The first kappa shape index (κ1) is 35.4. The van der Waals surface area contributed by atoms with Crippen molar-refractivity contribution in [3.05, 3.63) is 24.8 Å². The van der Waals surface area contributed by atoms with Gasteiger partial charge < -0.3 is 20.9 Å². The molecule has 0 radical (unpaired) electrons. The molecule has 174 valence electrons. The fourth-order valence-electron chi connectivity index (χ4n) is 2.37. The summed E-state index contributed by atoms with van der Waals surface area (Å²) >= 11 is 0. The second kappa shape index (κ2) is 16.7. The number of hydrogen-bond acceptors (Lipinski definition) is 6. The molecule has 0 bridgehead atoms. The summed E-state index contributed by atoms with van der Waals surface area (Å²) in [5, 5.41) is 0. The average molecular weight is 457 g/mol. The molecule has 0 aliphatic carbocycles. The zero-order valence-corrected chi connectivity index (χ0v) is 20.7. The fourth-order valence-corrected chi connectivity index (χ4v) is 2.37. The van der Waals surface area contributed by atoms with Crippen molar-refractivity contribution < 1.29 is 19.1 Å². The van der Waals surface area contributed by atoms with Gasteiger partial charge in [0.2, 0.25) is 0 Å². The molecule has 0 fully saturated rings. The zero-order chi connectivity index (χ0) is 21.8. The number of carbonyl (C=O) groups is 2. The molecule has 29 heavy (non-hydrogen) atoms. The van der Waals surface area contributed by atoms with Gasteiger partial charge >= 0.3 is 11.9 Å². The van der Waals surface area contributed by atoms with Gasteiger partial charge in [-0.2, -0.15) is 0 Å². The molecule has 4 N–H and O–H groups in total. The molecule has 0 aliphatic rings. The van der Waals surface area contributed by atoms with Crippen molar-refractivity contribution >= 4 is 36.8 Å². The van der Waals surface area contributed by atoms with Crippen molar-refractivity contribution in [3.63, 3.8) is 0 Å². The van der Waals surface area contributed by atoms with Crippen LogP contribution in [0.15, 0.2) is 24.8 Å². The van der Waals surface area contributed by atoms with E-state index in [1.54, 1.807) is 6.92 Å². The van der Waals surface area contributed by atoms with Gasteiger partial charge in [0.1, 0.15) is 12.2 Å². The lowest BCUT2D eigenvalue weighted by Gasteiger charge is -2.32. The highest BCUT2D eigenvalue weighted by atomic mass is 35.5. The second-order valence-corrected chi connectivity index (χ2v) is 6.99. The normalized spacial score (nSPS) is 12.6. The second-order valence-electron chi connectivity index (χ2n) is 6.99. The van der Waals surface area contributed by atoms with E-state index in [0.717, 1.165) is 31.8 Å². The molecule has 0 saturated carbocycles. The quantitative estimate of drug-likeness (QED) is 0.370. The molecule has 2 unspecified atom stereocenters. The van der Waals surface area contributed by atoms with Crippen LogP contribution < -0.4 is 11.5 Å². The Hall–Kier alpha value is -1.08. The van der Waals surface area contributed by atoms with E-state index in [0.29, 0.717) is 5.57 Å². The van der Waals surface area contributed by atoms with Gasteiger partial charge in [0.05, 0.1) is 11.1 Å². The van der Waals surface area contributed by atoms with Crippen LogP contribution >= 0.6 is 24.8 Å². The maximum absolute atomic E-state index is 11.3. The van der Waals surface area contributed by atoms with Crippen molar-refractivity contribution in [2.24, 2.45) is 11.5 Å². The van der Waals surface area contributed by atoms with Crippen LogP contribution in [0.5, 0.6) is 0 Å². The predicted octanol–water partition coefficient (Wildman–Crippen LogP) is 4.48. The molecule has 0 aliphatic heterocycles.